The van der Waals surface area contributed by atoms with Crippen LogP contribution in [0.15, 0.2) is 119 Å². The van der Waals surface area contributed by atoms with Crippen LogP contribution in [0.4, 0.5) is 0 Å². The average Bonchev–Trinajstić information content (AvgIpc) is 3.01. The van der Waals surface area contributed by atoms with Crippen LogP contribution in [0.5, 0.6) is 0 Å². The second-order valence-corrected chi connectivity index (χ2v) is 10.1. The molecule has 0 saturated heterocycles. The van der Waals surface area contributed by atoms with Gasteiger partial charge < -0.3 is 18.7 Å². The number of hydrogen-bond donors (Lipinski definition) is 0. The van der Waals surface area contributed by atoms with Gasteiger partial charge in [-0.15, -0.1) is 59.3 Å². The SMILES string of the molecule is Cn1c(=O)c2[c-]c(ccc2)c2cc3ccccc3cc2n(C)c(=O)c2[c-]c(ccc2)c2cc3ccccc3cc21.[Pt+4]. The molecule has 0 atom stereocenters. The van der Waals surface area contributed by atoms with Crippen molar-refractivity contribution < 1.29 is 21.1 Å². The molecule has 0 spiro atoms. The molecule has 4 bridgehead atoms. The van der Waals surface area contributed by atoms with E-state index >= 15 is 0 Å². The van der Waals surface area contributed by atoms with Gasteiger partial charge in [-0.25, -0.2) is 0 Å². The molecule has 1 heterocycles. The maximum atomic E-state index is 14.0. The van der Waals surface area contributed by atoms with Crippen LogP contribution in [0.3, 0.4) is 0 Å². The van der Waals surface area contributed by atoms with E-state index in [2.05, 4.69) is 24.3 Å². The molecule has 0 aliphatic heterocycles. The van der Waals surface area contributed by atoms with Crippen molar-refractivity contribution in [3.63, 3.8) is 0 Å². The van der Waals surface area contributed by atoms with Gasteiger partial charge in [-0.1, -0.05) is 82.2 Å². The Bertz CT molecular complexity index is 2230. The van der Waals surface area contributed by atoms with Crippen LogP contribution in [-0.4, -0.2) is 9.13 Å². The van der Waals surface area contributed by atoms with Crippen LogP contribution >= 0.6 is 0 Å². The molecule has 6 aromatic carbocycles. The van der Waals surface area contributed by atoms with Gasteiger partial charge in [-0.05, 0) is 33.7 Å². The molecular formula is C36H24N2O2Pt+2. The van der Waals surface area contributed by atoms with Gasteiger partial charge in [0.1, 0.15) is 0 Å². The van der Waals surface area contributed by atoms with Gasteiger partial charge in [0.15, 0.2) is 11.1 Å². The molecule has 0 aliphatic rings. The maximum Gasteiger partial charge on any atom is 4.00 e. The summed E-state index contributed by atoms with van der Waals surface area (Å²) < 4.78 is 3.33. The molecule has 0 fully saturated rings. The first-order valence-electron chi connectivity index (χ1n) is 13.1. The number of benzene rings is 6. The van der Waals surface area contributed by atoms with Crippen molar-refractivity contribution in [2.75, 3.05) is 0 Å². The van der Waals surface area contributed by atoms with Crippen molar-refractivity contribution in [3.8, 4) is 0 Å². The number of nitrogens with zero attached hydrogens (tertiary/aromatic N) is 2. The van der Waals surface area contributed by atoms with E-state index in [1.807, 2.05) is 84.9 Å². The van der Waals surface area contributed by atoms with E-state index < -0.39 is 0 Å². The van der Waals surface area contributed by atoms with Crippen molar-refractivity contribution in [2.45, 2.75) is 0 Å². The number of hydrogen-bond acceptors (Lipinski definition) is 2. The van der Waals surface area contributed by atoms with Crippen molar-refractivity contribution in [1.29, 1.82) is 0 Å². The summed E-state index contributed by atoms with van der Waals surface area (Å²) in [6.07, 6.45) is 0. The van der Waals surface area contributed by atoms with Crippen LogP contribution in [0.25, 0.3) is 64.9 Å². The number of aryl methyl sites for hydroxylation is 2. The molecule has 7 rings (SSSR count). The number of rotatable bonds is 0. The first-order valence-corrected chi connectivity index (χ1v) is 13.1. The minimum absolute atomic E-state index is 0. The first-order chi connectivity index (χ1) is 19.5. The van der Waals surface area contributed by atoms with Crippen LogP contribution in [-0.2, 0) is 35.2 Å². The zero-order chi connectivity index (χ0) is 27.4. The van der Waals surface area contributed by atoms with Crippen LogP contribution in [0, 0.1) is 12.1 Å². The van der Waals surface area contributed by atoms with Gasteiger partial charge >= 0.3 is 21.1 Å². The van der Waals surface area contributed by atoms with Gasteiger partial charge in [-0.3, -0.25) is 0 Å². The van der Waals surface area contributed by atoms with E-state index in [4.69, 9.17) is 0 Å². The summed E-state index contributed by atoms with van der Waals surface area (Å²) >= 11 is 0. The standard InChI is InChI=1S/C36H24N2O2.Pt/c1-37-33-21-25-11-5-3-9-23(25)19-31(33)27-13-8-16-30(18-27)36(40)38(2)34-22-26-12-6-4-10-24(26)20-32(34)28-14-7-15-29(17-28)35(37)39;/h3-16,19-22H,1-2H3;/q-2;+4. The monoisotopic (exact) mass is 711 g/mol. The fourth-order valence-corrected chi connectivity index (χ4v) is 5.52. The van der Waals surface area contributed by atoms with Crippen molar-refractivity contribution in [2.24, 2.45) is 14.1 Å². The molecule has 4 nitrogen and oxygen atoms in total. The smallest absolute Gasteiger partial charge is 0.349 e. The normalized spacial score (nSPS) is 11.2. The fraction of sp³-hybridized carbons (Fsp3) is 0.0556. The predicted molar refractivity (Wildman–Crippen MR) is 166 cm³/mol. The second kappa shape index (κ2) is 10.5. The van der Waals surface area contributed by atoms with Gasteiger partial charge in [0.2, 0.25) is 0 Å². The van der Waals surface area contributed by atoms with E-state index in [-0.39, 0.29) is 32.2 Å². The van der Waals surface area contributed by atoms with Gasteiger partial charge in [0.05, 0.1) is 0 Å². The quantitative estimate of drug-likeness (QED) is 0.155. The average molecular weight is 712 g/mol. The molecule has 0 N–H and O–H groups in total. The zero-order valence-electron chi connectivity index (χ0n) is 22.4. The topological polar surface area (TPSA) is 44.0 Å². The van der Waals surface area contributed by atoms with Crippen LogP contribution in [0.1, 0.15) is 0 Å². The summed E-state index contributed by atoms with van der Waals surface area (Å²) in [5.41, 5.74) is 1.14. The molecule has 0 radical (unpaired) electrons. The van der Waals surface area contributed by atoms with Crippen molar-refractivity contribution >= 4 is 64.9 Å². The van der Waals surface area contributed by atoms with E-state index in [1.54, 1.807) is 35.4 Å². The largest absolute Gasteiger partial charge is 4.00 e. The Kier molecular flexibility index (Phi) is 6.81. The van der Waals surface area contributed by atoms with E-state index in [0.29, 0.717) is 10.8 Å². The summed E-state index contributed by atoms with van der Waals surface area (Å²) in [7, 11) is 3.57. The Labute approximate surface area is 250 Å². The minimum atomic E-state index is -0.168. The van der Waals surface area contributed by atoms with Crippen LogP contribution in [0.2, 0.25) is 0 Å². The molecule has 1 aromatic heterocycles. The summed E-state index contributed by atoms with van der Waals surface area (Å²) in [5.74, 6) is 0. The molecule has 0 saturated carbocycles. The molecule has 5 heteroatoms. The van der Waals surface area contributed by atoms with E-state index in [9.17, 15) is 9.59 Å². The fourth-order valence-electron chi connectivity index (χ4n) is 5.52. The third-order valence-electron chi connectivity index (χ3n) is 7.69. The van der Waals surface area contributed by atoms with E-state index in [0.717, 1.165) is 54.1 Å². The Balaban J connectivity index is 0.00000302. The zero-order valence-corrected chi connectivity index (χ0v) is 24.7. The first kappa shape index (κ1) is 26.7. The Morgan fingerprint density at radius 1 is 0.463 bits per heavy atom. The Hall–Kier alpha value is -4.53. The Morgan fingerprint density at radius 2 is 0.805 bits per heavy atom. The van der Waals surface area contributed by atoms with Crippen molar-refractivity contribution in [3.05, 3.63) is 142 Å². The van der Waals surface area contributed by atoms with E-state index in [1.165, 1.54) is 0 Å². The van der Waals surface area contributed by atoms with Gasteiger partial charge in [0, 0.05) is 25.1 Å². The van der Waals surface area contributed by atoms with Crippen LogP contribution < -0.4 is 11.1 Å². The predicted octanol–water partition coefficient (Wildman–Crippen LogP) is 7.29. The third-order valence-corrected chi connectivity index (χ3v) is 7.69. The molecule has 7 aromatic rings. The second-order valence-electron chi connectivity index (χ2n) is 10.1. The van der Waals surface area contributed by atoms with Crippen molar-refractivity contribution in [1.82, 2.24) is 9.13 Å². The van der Waals surface area contributed by atoms with Gasteiger partial charge in [0.25, 0.3) is 0 Å². The number of aromatic nitrogens is 2. The molecular weight excluding hydrogens is 687 g/mol. The molecule has 0 unspecified atom stereocenters. The maximum absolute atomic E-state index is 14.0. The summed E-state index contributed by atoms with van der Waals surface area (Å²) in [4.78, 5) is 27.9. The number of fused-ring (bicyclic) bond motifs is 10. The van der Waals surface area contributed by atoms with Gasteiger partial charge in [-0.2, -0.15) is 0 Å². The summed E-state index contributed by atoms with van der Waals surface area (Å²) in [6.45, 7) is 0. The summed E-state index contributed by atoms with van der Waals surface area (Å²) in [5, 5.41) is 8.16. The molecule has 0 aliphatic carbocycles. The summed E-state index contributed by atoms with van der Waals surface area (Å²) in [6, 6.07) is 42.2. The minimum Gasteiger partial charge on any atom is -0.349 e. The molecule has 41 heavy (non-hydrogen) atoms. The molecule has 0 amide bonds. The Morgan fingerprint density at radius 3 is 1.20 bits per heavy atom. The molecule has 198 valence electrons. The third kappa shape index (κ3) is 4.55.